The summed E-state index contributed by atoms with van der Waals surface area (Å²) in [6.45, 7) is 2.86. The first-order valence-electron chi connectivity index (χ1n) is 11.9. The van der Waals surface area contributed by atoms with E-state index in [0.29, 0.717) is 17.3 Å². The zero-order valence-corrected chi connectivity index (χ0v) is 24.4. The topological polar surface area (TPSA) is 55.8 Å². The molecule has 0 spiro atoms. The number of carbonyl (C=O) groups excluding carboxylic acids is 2. The summed E-state index contributed by atoms with van der Waals surface area (Å²) in [5, 5.41) is 1.76. The number of hydrogen-bond acceptors (Lipinski definition) is 5. The number of amides is 2. The fourth-order valence-electron chi connectivity index (χ4n) is 4.17. The van der Waals surface area contributed by atoms with Crippen LogP contribution in [0.1, 0.15) is 16.7 Å². The summed E-state index contributed by atoms with van der Waals surface area (Å²) in [5.74, 6) is 1.07. The van der Waals surface area contributed by atoms with Crippen LogP contribution in [0.5, 0.6) is 11.5 Å². The molecule has 0 saturated carbocycles. The number of carbonyl (C=O) groups is 2. The van der Waals surface area contributed by atoms with Crippen LogP contribution in [0.4, 0.5) is 4.79 Å². The number of imide groups is 1. The number of benzene rings is 4. The van der Waals surface area contributed by atoms with E-state index in [9.17, 15) is 9.59 Å². The van der Waals surface area contributed by atoms with Crippen LogP contribution in [0.2, 0.25) is 0 Å². The van der Waals surface area contributed by atoms with E-state index in [0.717, 1.165) is 48.4 Å². The van der Waals surface area contributed by atoms with E-state index in [1.807, 2.05) is 79.7 Å². The van der Waals surface area contributed by atoms with E-state index in [1.54, 1.807) is 6.08 Å². The van der Waals surface area contributed by atoms with Crippen LogP contribution in [0.15, 0.2) is 92.7 Å². The molecular weight excluding hydrogens is 630 g/mol. The van der Waals surface area contributed by atoms with Gasteiger partial charge in [0.2, 0.25) is 0 Å². The molecule has 0 atom stereocenters. The van der Waals surface area contributed by atoms with Gasteiger partial charge in [-0.25, -0.2) is 0 Å². The predicted molar refractivity (Wildman–Crippen MR) is 159 cm³/mol. The number of ether oxygens (including phenoxy) is 2. The third-order valence-electron chi connectivity index (χ3n) is 5.98. The maximum absolute atomic E-state index is 13.0. The lowest BCUT2D eigenvalue weighted by Crippen LogP contribution is -2.32. The smallest absolute Gasteiger partial charge is 0.293 e. The summed E-state index contributed by atoms with van der Waals surface area (Å²) in [4.78, 5) is 27.2. The molecule has 0 unspecified atom stereocenters. The Morgan fingerprint density at radius 3 is 2.42 bits per heavy atom. The molecule has 8 heteroatoms. The second-order valence-corrected chi connectivity index (χ2v) is 11.5. The minimum absolute atomic E-state index is 0.171. The first-order chi connectivity index (χ1) is 18.4. The molecule has 5 nitrogen and oxygen atoms in total. The van der Waals surface area contributed by atoms with E-state index in [4.69, 9.17) is 9.47 Å². The van der Waals surface area contributed by atoms with Gasteiger partial charge in [0, 0.05) is 5.39 Å². The van der Waals surface area contributed by atoms with Crippen molar-refractivity contribution in [2.24, 2.45) is 0 Å². The first-order valence-corrected chi connectivity index (χ1v) is 14.3. The van der Waals surface area contributed by atoms with Gasteiger partial charge < -0.3 is 9.47 Å². The molecule has 5 rings (SSSR count). The molecule has 1 heterocycles. The Labute approximate surface area is 242 Å². The van der Waals surface area contributed by atoms with Crippen molar-refractivity contribution in [2.75, 3.05) is 13.2 Å². The van der Waals surface area contributed by atoms with Crippen LogP contribution >= 0.6 is 43.6 Å². The van der Waals surface area contributed by atoms with Crippen molar-refractivity contribution in [3.05, 3.63) is 109 Å². The van der Waals surface area contributed by atoms with E-state index in [-0.39, 0.29) is 24.3 Å². The Kier molecular flexibility index (Phi) is 8.21. The van der Waals surface area contributed by atoms with Crippen molar-refractivity contribution >= 4 is 71.6 Å². The molecule has 0 bridgehead atoms. The average Bonchev–Trinajstić information content (AvgIpc) is 3.15. The largest absolute Gasteiger partial charge is 0.491 e. The summed E-state index contributed by atoms with van der Waals surface area (Å²) in [7, 11) is 0. The molecule has 38 heavy (non-hydrogen) atoms. The third kappa shape index (κ3) is 5.98. The molecular formula is C30H23Br2NO4S. The SMILES string of the molecule is Cc1cccc(COc2c(Br)cc(/C=C3\SC(=O)N(CCOc4cccc5ccccc45)C3=O)cc2Br)c1. The Balaban J connectivity index is 1.24. The number of thioether (sulfide) groups is 1. The Morgan fingerprint density at radius 2 is 1.63 bits per heavy atom. The Hall–Kier alpha value is -3.07. The van der Waals surface area contributed by atoms with E-state index in [2.05, 4.69) is 37.9 Å². The van der Waals surface area contributed by atoms with Gasteiger partial charge in [-0.3, -0.25) is 14.5 Å². The number of halogens is 2. The third-order valence-corrected chi connectivity index (χ3v) is 8.07. The zero-order chi connectivity index (χ0) is 26.6. The molecule has 1 fully saturated rings. The van der Waals surface area contributed by atoms with E-state index < -0.39 is 0 Å². The van der Waals surface area contributed by atoms with E-state index in [1.165, 1.54) is 10.5 Å². The quantitative estimate of drug-likeness (QED) is 0.179. The molecule has 0 aliphatic carbocycles. The van der Waals surface area contributed by atoms with Crippen LogP contribution < -0.4 is 9.47 Å². The monoisotopic (exact) mass is 651 g/mol. The van der Waals surface area contributed by atoms with Gasteiger partial charge in [-0.05, 0) is 91.3 Å². The van der Waals surface area contributed by atoms with Gasteiger partial charge in [0.05, 0.1) is 20.4 Å². The molecule has 1 aliphatic heterocycles. The molecule has 1 aliphatic rings. The lowest BCUT2D eigenvalue weighted by Gasteiger charge is -2.14. The zero-order valence-electron chi connectivity index (χ0n) is 20.4. The van der Waals surface area contributed by atoms with Crippen LogP contribution in [-0.4, -0.2) is 29.2 Å². The van der Waals surface area contributed by atoms with Gasteiger partial charge in [-0.2, -0.15) is 0 Å². The summed E-state index contributed by atoms with van der Waals surface area (Å²) in [5.41, 5.74) is 3.02. The van der Waals surface area contributed by atoms with Crippen LogP contribution in [0.25, 0.3) is 16.8 Å². The molecule has 0 radical (unpaired) electrons. The highest BCUT2D eigenvalue weighted by Gasteiger charge is 2.35. The Bertz CT molecular complexity index is 1540. The van der Waals surface area contributed by atoms with Crippen molar-refractivity contribution in [3.8, 4) is 11.5 Å². The van der Waals surface area contributed by atoms with Crippen molar-refractivity contribution in [2.45, 2.75) is 13.5 Å². The molecule has 1 saturated heterocycles. The summed E-state index contributed by atoms with van der Waals surface area (Å²) in [6.07, 6.45) is 1.72. The summed E-state index contributed by atoms with van der Waals surface area (Å²) in [6, 6.07) is 25.7. The number of rotatable bonds is 8. The molecule has 4 aromatic carbocycles. The van der Waals surface area contributed by atoms with Crippen LogP contribution in [-0.2, 0) is 11.4 Å². The molecule has 2 amide bonds. The summed E-state index contributed by atoms with van der Waals surface area (Å²) < 4.78 is 13.5. The average molecular weight is 653 g/mol. The molecule has 4 aromatic rings. The maximum Gasteiger partial charge on any atom is 0.293 e. The summed E-state index contributed by atoms with van der Waals surface area (Å²) >= 11 is 8.09. The first kappa shape index (κ1) is 26.5. The van der Waals surface area contributed by atoms with Crippen molar-refractivity contribution in [3.63, 3.8) is 0 Å². The highest BCUT2D eigenvalue weighted by atomic mass is 79.9. The lowest BCUT2D eigenvalue weighted by atomic mass is 10.1. The van der Waals surface area contributed by atoms with Crippen LogP contribution in [0.3, 0.4) is 0 Å². The lowest BCUT2D eigenvalue weighted by molar-refractivity contribution is -0.123. The van der Waals surface area contributed by atoms with Gasteiger partial charge in [-0.1, -0.05) is 66.2 Å². The number of hydrogen-bond donors (Lipinski definition) is 0. The molecule has 192 valence electrons. The fourth-order valence-corrected chi connectivity index (χ4v) is 6.49. The minimum Gasteiger partial charge on any atom is -0.491 e. The predicted octanol–water partition coefficient (Wildman–Crippen LogP) is 8.37. The van der Waals surface area contributed by atoms with E-state index >= 15 is 0 Å². The number of aryl methyl sites for hydroxylation is 1. The normalized spacial score (nSPS) is 14.5. The number of fused-ring (bicyclic) bond motifs is 1. The van der Waals surface area contributed by atoms with Crippen molar-refractivity contribution in [1.29, 1.82) is 0 Å². The van der Waals surface area contributed by atoms with Crippen molar-refractivity contribution < 1.29 is 19.1 Å². The van der Waals surface area contributed by atoms with Gasteiger partial charge in [0.1, 0.15) is 24.7 Å². The standard InChI is InChI=1S/C30H23Br2NO4S/c1-19-6-4-7-20(14-19)18-37-28-24(31)15-21(16-25(28)32)17-27-29(34)33(30(35)38-27)12-13-36-26-11-5-9-22-8-2-3-10-23(22)26/h2-11,14-17H,12-13,18H2,1H3/b27-17-. The highest BCUT2D eigenvalue weighted by Crippen LogP contribution is 2.38. The molecule has 0 N–H and O–H groups in total. The highest BCUT2D eigenvalue weighted by molar-refractivity contribution is 9.11. The Morgan fingerprint density at radius 1 is 0.895 bits per heavy atom. The fraction of sp³-hybridized carbons (Fsp3) is 0.133. The van der Waals surface area contributed by atoms with Gasteiger partial charge in [-0.15, -0.1) is 0 Å². The van der Waals surface area contributed by atoms with Gasteiger partial charge >= 0.3 is 0 Å². The van der Waals surface area contributed by atoms with Crippen molar-refractivity contribution in [1.82, 2.24) is 4.90 Å². The van der Waals surface area contributed by atoms with Gasteiger partial charge in [0.15, 0.2) is 0 Å². The second kappa shape index (κ2) is 11.8. The van der Waals surface area contributed by atoms with Crippen LogP contribution in [0, 0.1) is 6.92 Å². The minimum atomic E-state index is -0.325. The molecule has 0 aromatic heterocycles. The second-order valence-electron chi connectivity index (χ2n) is 8.75. The number of nitrogens with zero attached hydrogens (tertiary/aromatic N) is 1. The maximum atomic E-state index is 13.0. The van der Waals surface area contributed by atoms with Gasteiger partial charge in [0.25, 0.3) is 11.1 Å².